The van der Waals surface area contributed by atoms with E-state index >= 15 is 0 Å². The molecule has 0 saturated heterocycles. The van der Waals surface area contributed by atoms with E-state index in [1.54, 1.807) is 12.1 Å². The van der Waals surface area contributed by atoms with Gasteiger partial charge >= 0.3 is 5.97 Å². The van der Waals surface area contributed by atoms with Crippen molar-refractivity contribution in [1.82, 2.24) is 4.90 Å². The maximum atomic E-state index is 11.0. The van der Waals surface area contributed by atoms with Gasteiger partial charge in [0.2, 0.25) is 0 Å². The van der Waals surface area contributed by atoms with Gasteiger partial charge in [0, 0.05) is 18.9 Å². The Balaban J connectivity index is 0.000000329. The van der Waals surface area contributed by atoms with Crippen molar-refractivity contribution >= 4 is 5.97 Å². The smallest absolute Gasteiger partial charge is 0.303 e. The van der Waals surface area contributed by atoms with Crippen LogP contribution in [0.15, 0.2) is 24.3 Å². The van der Waals surface area contributed by atoms with Crippen LogP contribution in [-0.2, 0) is 10.4 Å². The maximum absolute atomic E-state index is 11.0. The molecule has 1 aliphatic rings. The summed E-state index contributed by atoms with van der Waals surface area (Å²) >= 11 is 0. The topological polar surface area (TPSA) is 81.0 Å². The van der Waals surface area contributed by atoms with Gasteiger partial charge in [0.1, 0.15) is 5.75 Å². The molecule has 0 aromatic heterocycles. The van der Waals surface area contributed by atoms with E-state index in [-0.39, 0.29) is 11.7 Å². The SMILES string of the molecule is CCCCCCCCCC(=O)O.CN(C)CC1CCCCC1(O)c1cccc(O)c1. The molecular weight excluding hydrogens is 378 g/mol. The number of benzene rings is 1. The second kappa shape index (κ2) is 14.4. The highest BCUT2D eigenvalue weighted by Crippen LogP contribution is 2.42. The molecule has 1 aromatic rings. The third kappa shape index (κ3) is 9.94. The first-order chi connectivity index (χ1) is 14.3. The van der Waals surface area contributed by atoms with Crippen LogP contribution in [0.4, 0.5) is 0 Å². The van der Waals surface area contributed by atoms with E-state index in [1.807, 2.05) is 26.2 Å². The third-order valence-corrected chi connectivity index (χ3v) is 5.96. The molecule has 172 valence electrons. The van der Waals surface area contributed by atoms with Crippen molar-refractivity contribution in [3.63, 3.8) is 0 Å². The number of phenols is 1. The second-order valence-corrected chi connectivity index (χ2v) is 8.94. The summed E-state index contributed by atoms with van der Waals surface area (Å²) in [6.07, 6.45) is 12.7. The van der Waals surface area contributed by atoms with E-state index in [2.05, 4.69) is 11.8 Å². The first kappa shape index (κ1) is 26.4. The van der Waals surface area contributed by atoms with Gasteiger partial charge in [-0.2, -0.15) is 0 Å². The van der Waals surface area contributed by atoms with Crippen LogP contribution < -0.4 is 0 Å². The standard InChI is InChI=1S/C15H23NO2.C10H20O2/c1-16(2)11-13-6-3-4-9-15(13,18)12-7-5-8-14(17)10-12;1-2-3-4-5-6-7-8-9-10(11)12/h5,7-8,10,13,17-18H,3-4,6,9,11H2,1-2H3;2-9H2,1H3,(H,11,12). The fourth-order valence-electron chi connectivity index (χ4n) is 4.30. The van der Waals surface area contributed by atoms with Crippen LogP contribution in [0.25, 0.3) is 0 Å². The molecule has 2 rings (SSSR count). The Bertz CT molecular complexity index is 605. The summed E-state index contributed by atoms with van der Waals surface area (Å²) in [6, 6.07) is 7.09. The summed E-state index contributed by atoms with van der Waals surface area (Å²) in [6.45, 7) is 3.08. The molecule has 5 nitrogen and oxygen atoms in total. The number of hydrogen-bond donors (Lipinski definition) is 3. The van der Waals surface area contributed by atoms with Crippen LogP contribution in [0.1, 0.15) is 89.5 Å². The van der Waals surface area contributed by atoms with Gasteiger partial charge in [0.25, 0.3) is 0 Å². The van der Waals surface area contributed by atoms with E-state index in [0.29, 0.717) is 6.42 Å². The number of carboxylic acids is 1. The van der Waals surface area contributed by atoms with E-state index < -0.39 is 11.6 Å². The van der Waals surface area contributed by atoms with Crippen molar-refractivity contribution in [3.8, 4) is 5.75 Å². The molecule has 1 fully saturated rings. The molecule has 0 bridgehead atoms. The number of carbonyl (C=O) groups is 1. The van der Waals surface area contributed by atoms with Gasteiger partial charge in [-0.3, -0.25) is 4.79 Å². The Morgan fingerprint density at radius 1 is 1.10 bits per heavy atom. The second-order valence-electron chi connectivity index (χ2n) is 8.94. The number of phenolic OH excluding ortho intramolecular Hbond substituents is 1. The van der Waals surface area contributed by atoms with E-state index in [4.69, 9.17) is 5.11 Å². The highest BCUT2D eigenvalue weighted by molar-refractivity contribution is 5.66. The molecule has 2 unspecified atom stereocenters. The predicted octanol–water partition coefficient (Wildman–Crippen LogP) is 5.54. The van der Waals surface area contributed by atoms with Gasteiger partial charge in [-0.15, -0.1) is 0 Å². The van der Waals surface area contributed by atoms with Crippen LogP contribution >= 0.6 is 0 Å². The van der Waals surface area contributed by atoms with Crippen molar-refractivity contribution < 1.29 is 20.1 Å². The summed E-state index contributed by atoms with van der Waals surface area (Å²) in [7, 11) is 4.08. The Labute approximate surface area is 183 Å². The molecule has 5 heteroatoms. The molecule has 30 heavy (non-hydrogen) atoms. The molecule has 1 aromatic carbocycles. The van der Waals surface area contributed by atoms with E-state index in [1.165, 1.54) is 38.5 Å². The lowest BCUT2D eigenvalue weighted by molar-refractivity contribution is -0.137. The molecule has 1 saturated carbocycles. The minimum atomic E-state index is -0.790. The summed E-state index contributed by atoms with van der Waals surface area (Å²) in [4.78, 5) is 12.3. The van der Waals surface area contributed by atoms with Crippen molar-refractivity contribution in [2.45, 2.75) is 89.6 Å². The van der Waals surface area contributed by atoms with Gasteiger partial charge in [-0.05, 0) is 51.1 Å². The molecule has 1 aliphatic carbocycles. The van der Waals surface area contributed by atoms with Crippen LogP contribution in [0.5, 0.6) is 5.75 Å². The van der Waals surface area contributed by atoms with E-state index in [9.17, 15) is 15.0 Å². The number of aliphatic hydroxyl groups is 1. The van der Waals surface area contributed by atoms with Crippen molar-refractivity contribution in [2.24, 2.45) is 5.92 Å². The Morgan fingerprint density at radius 2 is 1.77 bits per heavy atom. The molecule has 0 amide bonds. The molecule has 3 N–H and O–H groups in total. The zero-order chi connectivity index (χ0) is 22.4. The normalized spacial score (nSPS) is 21.2. The first-order valence-electron chi connectivity index (χ1n) is 11.7. The average molecular weight is 422 g/mol. The first-order valence-corrected chi connectivity index (χ1v) is 11.7. The molecular formula is C25H43NO4. The van der Waals surface area contributed by atoms with Gasteiger partial charge in [0.15, 0.2) is 0 Å². The zero-order valence-electron chi connectivity index (χ0n) is 19.3. The van der Waals surface area contributed by atoms with Crippen LogP contribution in [0.2, 0.25) is 0 Å². The largest absolute Gasteiger partial charge is 0.508 e. The lowest BCUT2D eigenvalue weighted by Gasteiger charge is -2.41. The van der Waals surface area contributed by atoms with Crippen LogP contribution in [-0.4, -0.2) is 46.8 Å². The number of nitrogens with zero attached hydrogens (tertiary/aromatic N) is 1. The van der Waals surface area contributed by atoms with Gasteiger partial charge in [-0.1, -0.05) is 70.4 Å². The fourth-order valence-corrected chi connectivity index (χ4v) is 4.30. The minimum Gasteiger partial charge on any atom is -0.508 e. The van der Waals surface area contributed by atoms with E-state index in [0.717, 1.165) is 44.2 Å². The third-order valence-electron chi connectivity index (χ3n) is 5.96. The highest BCUT2D eigenvalue weighted by Gasteiger charge is 2.40. The van der Waals surface area contributed by atoms with Gasteiger partial charge < -0.3 is 20.2 Å². The number of hydrogen-bond acceptors (Lipinski definition) is 4. The average Bonchev–Trinajstić information content (AvgIpc) is 2.69. The monoisotopic (exact) mass is 421 g/mol. The Kier molecular flexibility index (Phi) is 12.7. The lowest BCUT2D eigenvalue weighted by Crippen LogP contribution is -2.43. The number of aromatic hydroxyl groups is 1. The van der Waals surface area contributed by atoms with Crippen LogP contribution in [0.3, 0.4) is 0 Å². The summed E-state index contributed by atoms with van der Waals surface area (Å²) in [5.41, 5.74) is 0.0652. The fraction of sp³-hybridized carbons (Fsp3) is 0.720. The van der Waals surface area contributed by atoms with Crippen LogP contribution in [0, 0.1) is 5.92 Å². The summed E-state index contributed by atoms with van der Waals surface area (Å²) in [5, 5.41) is 29.0. The number of unbranched alkanes of at least 4 members (excludes halogenated alkanes) is 6. The molecule has 0 radical (unpaired) electrons. The maximum Gasteiger partial charge on any atom is 0.303 e. The summed E-state index contributed by atoms with van der Waals surface area (Å²) in [5.74, 6) is -0.193. The number of aliphatic carboxylic acids is 1. The van der Waals surface area contributed by atoms with Crippen molar-refractivity contribution in [2.75, 3.05) is 20.6 Å². The zero-order valence-corrected chi connectivity index (χ0v) is 19.3. The summed E-state index contributed by atoms with van der Waals surface area (Å²) < 4.78 is 0. The predicted molar refractivity (Wildman–Crippen MR) is 123 cm³/mol. The molecule has 0 aliphatic heterocycles. The Hall–Kier alpha value is -1.59. The minimum absolute atomic E-state index is 0.232. The van der Waals surface area contributed by atoms with Gasteiger partial charge in [-0.25, -0.2) is 0 Å². The molecule has 2 atom stereocenters. The Morgan fingerprint density at radius 3 is 2.37 bits per heavy atom. The molecule has 0 spiro atoms. The van der Waals surface area contributed by atoms with Gasteiger partial charge in [0.05, 0.1) is 5.60 Å². The van der Waals surface area contributed by atoms with Crippen molar-refractivity contribution in [3.05, 3.63) is 29.8 Å². The highest BCUT2D eigenvalue weighted by atomic mass is 16.4. The number of rotatable bonds is 11. The number of carboxylic acid groups (broad SMARTS) is 1. The lowest BCUT2D eigenvalue weighted by atomic mass is 9.71. The van der Waals surface area contributed by atoms with Crippen molar-refractivity contribution in [1.29, 1.82) is 0 Å². The quantitative estimate of drug-likeness (QED) is 0.409. The molecule has 0 heterocycles.